The zero-order chi connectivity index (χ0) is 21.8. The summed E-state index contributed by atoms with van der Waals surface area (Å²) in [7, 11) is 3.40. The summed E-state index contributed by atoms with van der Waals surface area (Å²) in [5.41, 5.74) is 6.20. The van der Waals surface area contributed by atoms with Crippen molar-refractivity contribution in [1.82, 2.24) is 4.57 Å². The number of para-hydroxylation sites is 1. The predicted octanol–water partition coefficient (Wildman–Crippen LogP) is 6.08. The van der Waals surface area contributed by atoms with Crippen LogP contribution < -0.4 is 14.8 Å². The normalized spacial score (nSPS) is 21.9. The molecule has 1 fully saturated rings. The van der Waals surface area contributed by atoms with Gasteiger partial charge >= 0.3 is 0 Å². The number of methoxy groups -OCH3 is 2. The molecule has 0 amide bonds. The van der Waals surface area contributed by atoms with Crippen molar-refractivity contribution in [2.24, 2.45) is 5.92 Å². The van der Waals surface area contributed by atoms with E-state index < -0.39 is 0 Å². The van der Waals surface area contributed by atoms with Crippen molar-refractivity contribution >= 4 is 27.5 Å². The first kappa shape index (κ1) is 19.5. The van der Waals surface area contributed by atoms with Crippen molar-refractivity contribution in [3.63, 3.8) is 0 Å². The highest BCUT2D eigenvalue weighted by Gasteiger charge is 2.43. The summed E-state index contributed by atoms with van der Waals surface area (Å²) >= 11 is 0. The molecule has 1 aromatic heterocycles. The van der Waals surface area contributed by atoms with E-state index in [4.69, 9.17) is 14.2 Å². The fraction of sp³-hybridized carbons (Fsp3) is 0.333. The molecule has 0 unspecified atom stereocenters. The number of hydrogen-bond acceptors (Lipinski definition) is 4. The maximum Gasteiger partial charge on any atom is 0.122 e. The lowest BCUT2D eigenvalue weighted by molar-refractivity contribution is 0.0841. The largest absolute Gasteiger partial charge is 0.497 e. The van der Waals surface area contributed by atoms with Crippen molar-refractivity contribution in [3.8, 4) is 11.5 Å². The smallest absolute Gasteiger partial charge is 0.122 e. The van der Waals surface area contributed by atoms with Crippen LogP contribution in [-0.4, -0.2) is 25.4 Å². The average Bonchev–Trinajstić information content (AvgIpc) is 3.45. The van der Waals surface area contributed by atoms with Gasteiger partial charge in [-0.2, -0.15) is 0 Å². The minimum absolute atomic E-state index is 0.0632. The van der Waals surface area contributed by atoms with E-state index in [1.807, 2.05) is 6.07 Å². The fourth-order valence-corrected chi connectivity index (χ4v) is 5.79. The molecular formula is C27H28N2O3. The molecule has 1 N–H and O–H groups in total. The van der Waals surface area contributed by atoms with Crippen LogP contribution in [0.25, 0.3) is 21.8 Å². The molecule has 1 saturated heterocycles. The number of anilines is 1. The number of nitrogens with one attached hydrogen (secondary N) is 1. The molecule has 2 aliphatic rings. The van der Waals surface area contributed by atoms with Gasteiger partial charge in [0, 0.05) is 58.2 Å². The van der Waals surface area contributed by atoms with Crippen LogP contribution in [0.1, 0.15) is 36.6 Å². The van der Waals surface area contributed by atoms with Crippen molar-refractivity contribution < 1.29 is 14.2 Å². The van der Waals surface area contributed by atoms with Crippen LogP contribution in [0.5, 0.6) is 11.5 Å². The molecular weight excluding hydrogens is 400 g/mol. The van der Waals surface area contributed by atoms with E-state index in [-0.39, 0.29) is 12.1 Å². The number of aryl methyl sites for hydroxylation is 1. The summed E-state index contributed by atoms with van der Waals surface area (Å²) < 4.78 is 19.9. The van der Waals surface area contributed by atoms with Gasteiger partial charge in [-0.25, -0.2) is 0 Å². The summed E-state index contributed by atoms with van der Waals surface area (Å²) in [6.45, 7) is 3.93. The Labute approximate surface area is 187 Å². The Bertz CT molecular complexity index is 1300. The van der Waals surface area contributed by atoms with Crippen LogP contribution in [0.4, 0.5) is 5.69 Å². The van der Waals surface area contributed by atoms with Crippen LogP contribution in [0.15, 0.2) is 54.6 Å². The Hall–Kier alpha value is -3.18. The molecule has 5 heteroatoms. The van der Waals surface area contributed by atoms with E-state index in [1.165, 1.54) is 32.9 Å². The highest BCUT2D eigenvalue weighted by atomic mass is 16.5. The van der Waals surface area contributed by atoms with Crippen LogP contribution in [0.2, 0.25) is 0 Å². The molecule has 0 radical (unpaired) electrons. The monoisotopic (exact) mass is 428 g/mol. The van der Waals surface area contributed by atoms with Gasteiger partial charge in [-0.1, -0.05) is 18.2 Å². The Morgan fingerprint density at radius 1 is 1.00 bits per heavy atom. The highest BCUT2D eigenvalue weighted by Crippen LogP contribution is 2.53. The first-order chi connectivity index (χ1) is 15.7. The predicted molar refractivity (Wildman–Crippen MR) is 128 cm³/mol. The van der Waals surface area contributed by atoms with E-state index >= 15 is 0 Å². The van der Waals surface area contributed by atoms with E-state index in [1.54, 1.807) is 14.2 Å². The molecule has 6 rings (SSSR count). The number of rotatable bonds is 4. The number of hydrogen-bond donors (Lipinski definition) is 1. The first-order valence-electron chi connectivity index (χ1n) is 11.4. The van der Waals surface area contributed by atoms with E-state index in [0.717, 1.165) is 36.8 Å². The highest BCUT2D eigenvalue weighted by molar-refractivity contribution is 6.11. The number of fused-ring (bicyclic) bond motifs is 7. The molecule has 0 aliphatic carbocycles. The molecule has 32 heavy (non-hydrogen) atoms. The van der Waals surface area contributed by atoms with Gasteiger partial charge in [0.15, 0.2) is 0 Å². The number of nitrogens with zero attached hydrogens (tertiary/aromatic N) is 1. The summed E-state index contributed by atoms with van der Waals surface area (Å²) in [4.78, 5) is 0. The quantitative estimate of drug-likeness (QED) is 0.428. The molecule has 0 saturated carbocycles. The van der Waals surface area contributed by atoms with Gasteiger partial charge in [0.05, 0.1) is 26.4 Å². The third-order valence-electron chi connectivity index (χ3n) is 7.19. The molecule has 2 aliphatic heterocycles. The lowest BCUT2D eigenvalue weighted by atomic mass is 9.79. The van der Waals surface area contributed by atoms with E-state index in [2.05, 4.69) is 65.3 Å². The number of aromatic nitrogens is 1. The Balaban J connectivity index is 1.56. The SMILES string of the molecule is CCn1c2ccccc2c2c3c(ccc21)N[C@@H](c1cc(OC)cc(OC)c1)[C@@H]1CCO[C@H]31. The van der Waals surface area contributed by atoms with E-state index in [0.29, 0.717) is 5.92 Å². The summed E-state index contributed by atoms with van der Waals surface area (Å²) in [6.07, 6.45) is 1.08. The minimum atomic E-state index is 0.0632. The van der Waals surface area contributed by atoms with Gasteiger partial charge in [0.1, 0.15) is 11.5 Å². The molecule has 164 valence electrons. The second-order valence-electron chi connectivity index (χ2n) is 8.69. The zero-order valence-electron chi connectivity index (χ0n) is 18.7. The molecule has 3 heterocycles. The topological polar surface area (TPSA) is 44.7 Å². The average molecular weight is 429 g/mol. The van der Waals surface area contributed by atoms with Crippen LogP contribution in [-0.2, 0) is 11.3 Å². The summed E-state index contributed by atoms with van der Waals surface area (Å²) in [5, 5.41) is 6.50. The first-order valence-corrected chi connectivity index (χ1v) is 11.4. The summed E-state index contributed by atoms with van der Waals surface area (Å²) in [6, 6.07) is 19.5. The molecule has 5 nitrogen and oxygen atoms in total. The Kier molecular flexibility index (Phi) is 4.54. The fourth-order valence-electron chi connectivity index (χ4n) is 5.79. The van der Waals surface area contributed by atoms with Crippen LogP contribution in [0.3, 0.4) is 0 Å². The minimum Gasteiger partial charge on any atom is -0.497 e. The third kappa shape index (κ3) is 2.74. The van der Waals surface area contributed by atoms with Crippen molar-refractivity contribution in [2.45, 2.75) is 32.0 Å². The van der Waals surface area contributed by atoms with E-state index in [9.17, 15) is 0 Å². The third-order valence-corrected chi connectivity index (χ3v) is 7.19. The Morgan fingerprint density at radius 2 is 1.78 bits per heavy atom. The maximum absolute atomic E-state index is 6.44. The van der Waals surface area contributed by atoms with Gasteiger partial charge in [-0.05, 0) is 49.2 Å². The maximum atomic E-state index is 6.44. The van der Waals surface area contributed by atoms with Crippen LogP contribution >= 0.6 is 0 Å². The Morgan fingerprint density at radius 3 is 2.53 bits per heavy atom. The van der Waals surface area contributed by atoms with Gasteiger partial charge in [-0.15, -0.1) is 0 Å². The van der Waals surface area contributed by atoms with Crippen molar-refractivity contribution in [3.05, 3.63) is 65.7 Å². The van der Waals surface area contributed by atoms with Crippen LogP contribution in [0, 0.1) is 5.92 Å². The molecule has 3 aromatic carbocycles. The zero-order valence-corrected chi connectivity index (χ0v) is 18.7. The van der Waals surface area contributed by atoms with Gasteiger partial charge in [0.25, 0.3) is 0 Å². The number of benzene rings is 3. The second kappa shape index (κ2) is 7.45. The van der Waals surface area contributed by atoms with Gasteiger partial charge in [0.2, 0.25) is 0 Å². The van der Waals surface area contributed by atoms with Gasteiger partial charge < -0.3 is 24.1 Å². The second-order valence-corrected chi connectivity index (χ2v) is 8.69. The molecule has 0 bridgehead atoms. The standard InChI is InChI=1S/C27H28N2O3/c1-4-29-22-8-6-5-7-19(22)24-23(29)10-9-21-25(24)27-20(11-12-32-27)26(28-21)16-13-17(30-2)15-18(14-16)31-3/h5-10,13-15,20,26-28H,4,11-12H2,1-3H3/t20-,26-,27-/m0/s1. The van der Waals surface area contributed by atoms with Crippen molar-refractivity contribution in [2.75, 3.05) is 26.1 Å². The number of ether oxygens (including phenoxy) is 3. The summed E-state index contributed by atoms with van der Waals surface area (Å²) in [5.74, 6) is 1.96. The van der Waals surface area contributed by atoms with Crippen molar-refractivity contribution in [1.29, 1.82) is 0 Å². The van der Waals surface area contributed by atoms with Gasteiger partial charge in [-0.3, -0.25) is 0 Å². The molecule has 0 spiro atoms. The molecule has 3 atom stereocenters. The lowest BCUT2D eigenvalue weighted by Crippen LogP contribution is -2.29. The lowest BCUT2D eigenvalue weighted by Gasteiger charge is -2.37. The molecule has 4 aromatic rings.